The first kappa shape index (κ1) is 11.7. The summed E-state index contributed by atoms with van der Waals surface area (Å²) in [6.07, 6.45) is 2.48. The van der Waals surface area contributed by atoms with E-state index in [0.29, 0.717) is 31.3 Å². The van der Waals surface area contributed by atoms with Crippen LogP contribution in [0.1, 0.15) is 30.7 Å². The third kappa shape index (κ3) is 2.27. The Morgan fingerprint density at radius 2 is 2.06 bits per heavy atom. The van der Waals surface area contributed by atoms with Gasteiger partial charge in [0.05, 0.1) is 19.8 Å². The molecule has 1 fully saturated rings. The third-order valence-electron chi connectivity index (χ3n) is 3.92. The van der Waals surface area contributed by atoms with Crippen LogP contribution >= 0.6 is 0 Å². The fourth-order valence-corrected chi connectivity index (χ4v) is 2.90. The Morgan fingerprint density at radius 3 is 2.94 bits per heavy atom. The zero-order chi connectivity index (χ0) is 12.4. The molecule has 0 spiro atoms. The Labute approximate surface area is 107 Å². The van der Waals surface area contributed by atoms with Gasteiger partial charge in [-0.25, -0.2) is 0 Å². The lowest BCUT2D eigenvalue weighted by atomic mass is 9.82. The normalized spacial score (nSPS) is 27.4. The average molecular weight is 246 g/mol. The van der Waals surface area contributed by atoms with Crippen LogP contribution in [0.25, 0.3) is 0 Å². The lowest BCUT2D eigenvalue weighted by Gasteiger charge is -2.30. The lowest BCUT2D eigenvalue weighted by molar-refractivity contribution is -0.131. The Hall–Kier alpha value is -1.35. The zero-order valence-corrected chi connectivity index (χ0v) is 10.4. The Kier molecular flexibility index (Phi) is 3.33. The molecule has 96 valence electrons. The zero-order valence-electron chi connectivity index (χ0n) is 10.4. The molecule has 2 unspecified atom stereocenters. The molecule has 0 radical (unpaired) electrons. The summed E-state index contributed by atoms with van der Waals surface area (Å²) in [5.41, 5.74) is 1.25. The monoisotopic (exact) mass is 246 g/mol. The molecular formula is C15H18O3. The second kappa shape index (κ2) is 5.11. The van der Waals surface area contributed by atoms with E-state index < -0.39 is 0 Å². The molecule has 3 nitrogen and oxygen atoms in total. The van der Waals surface area contributed by atoms with Crippen molar-refractivity contribution in [2.75, 3.05) is 19.8 Å². The van der Waals surface area contributed by atoms with E-state index in [1.54, 1.807) is 0 Å². The van der Waals surface area contributed by atoms with Crippen LogP contribution in [-0.4, -0.2) is 25.6 Å². The molecule has 2 aliphatic heterocycles. The summed E-state index contributed by atoms with van der Waals surface area (Å²) in [6, 6.07) is 8.17. The smallest absolute Gasteiger partial charge is 0.140 e. The highest BCUT2D eigenvalue weighted by atomic mass is 16.5. The van der Waals surface area contributed by atoms with E-state index in [2.05, 4.69) is 6.07 Å². The second-order valence-corrected chi connectivity index (χ2v) is 5.10. The standard InChI is InChI=1S/C15H18O3/c16-14-6-7-17-10-12(14)9-11-5-8-18-15-4-2-1-3-13(11)15/h1-4,11-12H,5-10H2. The van der Waals surface area contributed by atoms with Crippen molar-refractivity contribution in [2.45, 2.75) is 25.2 Å². The van der Waals surface area contributed by atoms with E-state index in [1.807, 2.05) is 18.2 Å². The molecule has 0 N–H and O–H groups in total. The fourth-order valence-electron chi connectivity index (χ4n) is 2.90. The van der Waals surface area contributed by atoms with Crippen molar-refractivity contribution in [3.05, 3.63) is 29.8 Å². The van der Waals surface area contributed by atoms with Crippen molar-refractivity contribution >= 4 is 5.78 Å². The first-order valence-electron chi connectivity index (χ1n) is 6.67. The van der Waals surface area contributed by atoms with Crippen LogP contribution in [0.4, 0.5) is 0 Å². The topological polar surface area (TPSA) is 35.5 Å². The van der Waals surface area contributed by atoms with Crippen LogP contribution < -0.4 is 4.74 Å². The summed E-state index contributed by atoms with van der Waals surface area (Å²) in [5.74, 6) is 1.86. The minimum Gasteiger partial charge on any atom is -0.493 e. The number of benzene rings is 1. The van der Waals surface area contributed by atoms with Gasteiger partial charge in [0.1, 0.15) is 11.5 Å². The molecule has 3 heteroatoms. The highest BCUT2D eigenvalue weighted by Crippen LogP contribution is 2.38. The number of para-hydroxylation sites is 1. The van der Waals surface area contributed by atoms with Crippen LogP contribution in [0.15, 0.2) is 24.3 Å². The molecule has 2 atom stereocenters. The first-order chi connectivity index (χ1) is 8.84. The minimum atomic E-state index is 0.0786. The van der Waals surface area contributed by atoms with Crippen molar-refractivity contribution in [2.24, 2.45) is 5.92 Å². The molecule has 18 heavy (non-hydrogen) atoms. The van der Waals surface area contributed by atoms with Crippen molar-refractivity contribution in [1.29, 1.82) is 0 Å². The van der Waals surface area contributed by atoms with Gasteiger partial charge >= 0.3 is 0 Å². The van der Waals surface area contributed by atoms with E-state index in [-0.39, 0.29) is 5.92 Å². The summed E-state index contributed by atoms with van der Waals surface area (Å²) in [5, 5.41) is 0. The predicted molar refractivity (Wildman–Crippen MR) is 67.8 cm³/mol. The number of carbonyl (C=O) groups excluding carboxylic acids is 1. The van der Waals surface area contributed by atoms with Crippen molar-refractivity contribution in [3.63, 3.8) is 0 Å². The van der Waals surface area contributed by atoms with Crippen LogP contribution in [0.5, 0.6) is 5.75 Å². The molecule has 0 bridgehead atoms. The van der Waals surface area contributed by atoms with Crippen molar-refractivity contribution in [3.8, 4) is 5.75 Å². The summed E-state index contributed by atoms with van der Waals surface area (Å²) in [4.78, 5) is 11.9. The lowest BCUT2D eigenvalue weighted by Crippen LogP contribution is -2.30. The quantitative estimate of drug-likeness (QED) is 0.804. The molecule has 1 aromatic carbocycles. The number of rotatable bonds is 2. The second-order valence-electron chi connectivity index (χ2n) is 5.10. The largest absolute Gasteiger partial charge is 0.493 e. The maximum atomic E-state index is 11.9. The van der Waals surface area contributed by atoms with Gasteiger partial charge in [-0.15, -0.1) is 0 Å². The number of hydrogen-bond acceptors (Lipinski definition) is 3. The number of ether oxygens (including phenoxy) is 2. The van der Waals surface area contributed by atoms with Gasteiger partial charge in [-0.05, 0) is 30.4 Å². The first-order valence-corrected chi connectivity index (χ1v) is 6.67. The Balaban J connectivity index is 1.75. The van der Waals surface area contributed by atoms with Gasteiger partial charge in [0, 0.05) is 12.3 Å². The number of fused-ring (bicyclic) bond motifs is 1. The summed E-state index contributed by atoms with van der Waals surface area (Å²) >= 11 is 0. The van der Waals surface area contributed by atoms with E-state index in [9.17, 15) is 4.79 Å². The van der Waals surface area contributed by atoms with Crippen LogP contribution in [-0.2, 0) is 9.53 Å². The van der Waals surface area contributed by atoms with Crippen molar-refractivity contribution in [1.82, 2.24) is 0 Å². The average Bonchev–Trinajstić information content (AvgIpc) is 2.42. The van der Waals surface area contributed by atoms with Gasteiger partial charge in [-0.3, -0.25) is 4.79 Å². The molecule has 0 amide bonds. The number of hydrogen-bond donors (Lipinski definition) is 0. The summed E-state index contributed by atoms with van der Waals surface area (Å²) in [6.45, 7) is 1.95. The molecule has 2 heterocycles. The Bertz CT molecular complexity index is 441. The molecule has 1 saturated heterocycles. The SMILES string of the molecule is O=C1CCOCC1CC1CCOc2ccccc21. The minimum absolute atomic E-state index is 0.0786. The summed E-state index contributed by atoms with van der Waals surface area (Å²) < 4.78 is 11.1. The number of ketones is 1. The van der Waals surface area contributed by atoms with Crippen LogP contribution in [0.3, 0.4) is 0 Å². The van der Waals surface area contributed by atoms with E-state index in [4.69, 9.17) is 9.47 Å². The predicted octanol–water partition coefficient (Wildman–Crippen LogP) is 2.55. The van der Waals surface area contributed by atoms with Gasteiger partial charge in [-0.2, -0.15) is 0 Å². The van der Waals surface area contributed by atoms with E-state index in [1.165, 1.54) is 5.56 Å². The molecule has 2 aliphatic rings. The molecule has 1 aromatic rings. The van der Waals surface area contributed by atoms with E-state index >= 15 is 0 Å². The summed E-state index contributed by atoms with van der Waals surface area (Å²) in [7, 11) is 0. The van der Waals surface area contributed by atoms with Crippen LogP contribution in [0, 0.1) is 5.92 Å². The fraction of sp³-hybridized carbons (Fsp3) is 0.533. The Morgan fingerprint density at radius 1 is 1.17 bits per heavy atom. The molecule has 0 aromatic heterocycles. The van der Waals surface area contributed by atoms with Gasteiger partial charge < -0.3 is 9.47 Å². The van der Waals surface area contributed by atoms with E-state index in [0.717, 1.165) is 25.2 Å². The molecular weight excluding hydrogens is 228 g/mol. The van der Waals surface area contributed by atoms with Gasteiger partial charge in [0.25, 0.3) is 0 Å². The maximum absolute atomic E-state index is 11.9. The van der Waals surface area contributed by atoms with Gasteiger partial charge in [0.2, 0.25) is 0 Å². The maximum Gasteiger partial charge on any atom is 0.140 e. The number of Topliss-reactive ketones (excluding diaryl/α,β-unsaturated/α-hetero) is 1. The van der Waals surface area contributed by atoms with Crippen molar-refractivity contribution < 1.29 is 14.3 Å². The molecule has 3 rings (SSSR count). The highest BCUT2D eigenvalue weighted by molar-refractivity contribution is 5.81. The molecule has 0 saturated carbocycles. The van der Waals surface area contributed by atoms with Gasteiger partial charge in [0.15, 0.2) is 0 Å². The number of carbonyl (C=O) groups is 1. The van der Waals surface area contributed by atoms with Crippen LogP contribution in [0.2, 0.25) is 0 Å². The third-order valence-corrected chi connectivity index (χ3v) is 3.92. The van der Waals surface area contributed by atoms with Gasteiger partial charge in [-0.1, -0.05) is 18.2 Å². The molecule has 0 aliphatic carbocycles. The highest BCUT2D eigenvalue weighted by Gasteiger charge is 2.29.